The number of methoxy groups -OCH3 is 1. The van der Waals surface area contributed by atoms with Gasteiger partial charge in [-0.25, -0.2) is 0 Å². The minimum Gasteiger partial charge on any atom is -0.375 e. The number of rotatable bonds is 4. The Kier molecular flexibility index (Phi) is 4.80. The largest absolute Gasteiger partial charge is 0.375 e. The van der Waals surface area contributed by atoms with E-state index in [1.165, 1.54) is 32.1 Å². The van der Waals surface area contributed by atoms with Crippen molar-refractivity contribution in [2.75, 3.05) is 26.8 Å². The van der Waals surface area contributed by atoms with Crippen molar-refractivity contribution in [3.8, 4) is 0 Å². The summed E-state index contributed by atoms with van der Waals surface area (Å²) in [7, 11) is 1.56. The van der Waals surface area contributed by atoms with Crippen molar-refractivity contribution in [2.45, 2.75) is 50.6 Å². The number of likely N-dealkylation sites (tertiary alicyclic amines) is 1. The first-order chi connectivity index (χ1) is 8.29. The Morgan fingerprint density at radius 1 is 1.29 bits per heavy atom. The molecule has 1 heterocycles. The lowest BCUT2D eigenvalue weighted by atomic mass is 9.94. The molecule has 0 aromatic carbocycles. The summed E-state index contributed by atoms with van der Waals surface area (Å²) in [4.78, 5) is 14.0. The monoisotopic (exact) mass is 240 g/mol. The van der Waals surface area contributed by atoms with Crippen molar-refractivity contribution >= 4 is 5.91 Å². The van der Waals surface area contributed by atoms with Crippen LogP contribution in [0.4, 0.5) is 0 Å². The Morgan fingerprint density at radius 3 is 2.76 bits per heavy atom. The third kappa shape index (κ3) is 3.68. The highest BCUT2D eigenvalue weighted by atomic mass is 16.5. The Labute approximate surface area is 104 Å². The first-order valence-electron chi connectivity index (χ1n) is 6.82. The SMILES string of the molecule is COCC(=O)NC1CCN(C2CCCCC2)C1. The highest BCUT2D eigenvalue weighted by molar-refractivity contribution is 5.77. The van der Waals surface area contributed by atoms with Crippen LogP contribution < -0.4 is 5.32 Å². The molecular formula is C13H24N2O2. The van der Waals surface area contributed by atoms with Gasteiger partial charge >= 0.3 is 0 Å². The van der Waals surface area contributed by atoms with Gasteiger partial charge in [-0.1, -0.05) is 19.3 Å². The number of nitrogens with zero attached hydrogens (tertiary/aromatic N) is 1. The van der Waals surface area contributed by atoms with Crippen molar-refractivity contribution in [3.63, 3.8) is 0 Å². The molecule has 1 N–H and O–H groups in total. The third-order valence-corrected chi connectivity index (χ3v) is 3.95. The van der Waals surface area contributed by atoms with Crippen LogP contribution in [-0.2, 0) is 9.53 Å². The van der Waals surface area contributed by atoms with Crippen molar-refractivity contribution in [1.29, 1.82) is 0 Å². The second-order valence-electron chi connectivity index (χ2n) is 5.27. The van der Waals surface area contributed by atoms with E-state index in [4.69, 9.17) is 4.74 Å². The number of ether oxygens (including phenoxy) is 1. The summed E-state index contributed by atoms with van der Waals surface area (Å²) >= 11 is 0. The highest BCUT2D eigenvalue weighted by Gasteiger charge is 2.29. The summed E-state index contributed by atoms with van der Waals surface area (Å²) in [6, 6.07) is 1.10. The van der Waals surface area contributed by atoms with Crippen molar-refractivity contribution < 1.29 is 9.53 Å². The van der Waals surface area contributed by atoms with Gasteiger partial charge in [0.05, 0.1) is 0 Å². The van der Waals surface area contributed by atoms with E-state index in [1.807, 2.05) is 0 Å². The molecule has 0 aromatic heterocycles. The van der Waals surface area contributed by atoms with Gasteiger partial charge in [0.25, 0.3) is 0 Å². The van der Waals surface area contributed by atoms with E-state index in [-0.39, 0.29) is 12.5 Å². The Morgan fingerprint density at radius 2 is 2.06 bits per heavy atom. The van der Waals surface area contributed by atoms with Crippen LogP contribution in [0.25, 0.3) is 0 Å². The number of amides is 1. The zero-order valence-electron chi connectivity index (χ0n) is 10.8. The van der Waals surface area contributed by atoms with Gasteiger partial charge in [-0.05, 0) is 19.3 Å². The zero-order valence-corrected chi connectivity index (χ0v) is 10.8. The predicted molar refractivity (Wildman–Crippen MR) is 66.9 cm³/mol. The summed E-state index contributed by atoms with van der Waals surface area (Å²) in [5.74, 6) is 0.0167. The first kappa shape index (κ1) is 12.8. The summed E-state index contributed by atoms with van der Waals surface area (Å²) < 4.78 is 4.83. The topological polar surface area (TPSA) is 41.6 Å². The first-order valence-corrected chi connectivity index (χ1v) is 6.82. The molecule has 4 nitrogen and oxygen atoms in total. The van der Waals surface area contributed by atoms with Gasteiger partial charge in [0.15, 0.2) is 0 Å². The van der Waals surface area contributed by atoms with E-state index in [2.05, 4.69) is 10.2 Å². The molecule has 1 aliphatic carbocycles. The minimum absolute atomic E-state index is 0.0167. The summed E-state index contributed by atoms with van der Waals surface area (Å²) in [6.45, 7) is 2.35. The normalized spacial score (nSPS) is 27.2. The molecule has 4 heteroatoms. The van der Waals surface area contributed by atoms with Gasteiger partial charge in [-0.2, -0.15) is 0 Å². The average Bonchev–Trinajstić information content (AvgIpc) is 2.79. The van der Waals surface area contributed by atoms with Gasteiger partial charge in [-0.15, -0.1) is 0 Å². The minimum atomic E-state index is 0.0167. The van der Waals surface area contributed by atoms with Crippen LogP contribution in [0.5, 0.6) is 0 Å². The Hall–Kier alpha value is -0.610. The molecule has 0 spiro atoms. The summed E-state index contributed by atoms with van der Waals surface area (Å²) in [5, 5.41) is 3.04. The molecule has 1 saturated carbocycles. The molecule has 98 valence electrons. The van der Waals surface area contributed by atoms with Gasteiger partial charge < -0.3 is 10.1 Å². The van der Waals surface area contributed by atoms with E-state index >= 15 is 0 Å². The van der Waals surface area contributed by atoms with Gasteiger partial charge in [0.1, 0.15) is 6.61 Å². The number of carbonyl (C=O) groups is 1. The molecule has 1 aliphatic heterocycles. The van der Waals surface area contributed by atoms with Crippen LogP contribution >= 0.6 is 0 Å². The third-order valence-electron chi connectivity index (χ3n) is 3.95. The molecule has 1 atom stereocenters. The second-order valence-corrected chi connectivity index (χ2v) is 5.27. The predicted octanol–water partition coefficient (Wildman–Crippen LogP) is 1.16. The van der Waals surface area contributed by atoms with Crippen molar-refractivity contribution in [2.24, 2.45) is 0 Å². The van der Waals surface area contributed by atoms with E-state index < -0.39 is 0 Å². The zero-order chi connectivity index (χ0) is 12.1. The highest BCUT2D eigenvalue weighted by Crippen LogP contribution is 2.25. The fourth-order valence-corrected chi connectivity index (χ4v) is 3.08. The summed E-state index contributed by atoms with van der Waals surface area (Å²) in [6.07, 6.45) is 7.94. The van der Waals surface area contributed by atoms with Crippen LogP contribution in [-0.4, -0.2) is 49.7 Å². The van der Waals surface area contributed by atoms with Gasteiger partial charge in [-0.3, -0.25) is 9.69 Å². The lowest BCUT2D eigenvalue weighted by Gasteiger charge is -2.31. The quantitative estimate of drug-likeness (QED) is 0.801. The van der Waals surface area contributed by atoms with E-state index in [9.17, 15) is 4.79 Å². The maximum Gasteiger partial charge on any atom is 0.246 e. The Balaban J connectivity index is 1.73. The van der Waals surface area contributed by atoms with E-state index in [0.717, 1.165) is 25.6 Å². The van der Waals surface area contributed by atoms with Crippen LogP contribution in [0.3, 0.4) is 0 Å². The van der Waals surface area contributed by atoms with Gasteiger partial charge in [0.2, 0.25) is 5.91 Å². The molecule has 2 rings (SSSR count). The van der Waals surface area contributed by atoms with E-state index in [1.54, 1.807) is 7.11 Å². The van der Waals surface area contributed by atoms with Crippen LogP contribution in [0.1, 0.15) is 38.5 Å². The number of carbonyl (C=O) groups excluding carboxylic acids is 1. The summed E-state index contributed by atoms with van der Waals surface area (Å²) in [5.41, 5.74) is 0. The number of nitrogens with one attached hydrogen (secondary N) is 1. The number of hydrogen-bond acceptors (Lipinski definition) is 3. The van der Waals surface area contributed by atoms with Crippen molar-refractivity contribution in [3.05, 3.63) is 0 Å². The fraction of sp³-hybridized carbons (Fsp3) is 0.923. The lowest BCUT2D eigenvalue weighted by Crippen LogP contribution is -2.41. The molecule has 1 unspecified atom stereocenters. The lowest BCUT2D eigenvalue weighted by molar-refractivity contribution is -0.125. The maximum atomic E-state index is 11.4. The molecule has 0 aromatic rings. The molecule has 1 amide bonds. The fourth-order valence-electron chi connectivity index (χ4n) is 3.08. The molecule has 0 radical (unpaired) electrons. The number of hydrogen-bond donors (Lipinski definition) is 1. The van der Waals surface area contributed by atoms with Crippen LogP contribution in [0, 0.1) is 0 Å². The van der Waals surface area contributed by atoms with Crippen LogP contribution in [0.2, 0.25) is 0 Å². The standard InChI is InChI=1S/C13H24N2O2/c1-17-10-13(16)14-11-7-8-15(9-11)12-5-3-2-4-6-12/h11-12H,2-10H2,1H3,(H,14,16). The smallest absolute Gasteiger partial charge is 0.246 e. The second kappa shape index (κ2) is 6.36. The Bertz CT molecular complexity index is 252. The molecule has 1 saturated heterocycles. The molecule has 2 aliphatic rings. The van der Waals surface area contributed by atoms with Gasteiger partial charge in [0, 0.05) is 32.3 Å². The maximum absolute atomic E-state index is 11.4. The van der Waals surface area contributed by atoms with Crippen molar-refractivity contribution in [1.82, 2.24) is 10.2 Å². The average molecular weight is 240 g/mol. The van der Waals surface area contributed by atoms with E-state index in [0.29, 0.717) is 6.04 Å². The van der Waals surface area contributed by atoms with Crippen LogP contribution in [0.15, 0.2) is 0 Å². The molecule has 0 bridgehead atoms. The molecule has 17 heavy (non-hydrogen) atoms. The molecular weight excluding hydrogens is 216 g/mol. The molecule has 2 fully saturated rings.